The van der Waals surface area contributed by atoms with E-state index in [1.165, 1.54) is 6.07 Å². The number of alkyl halides is 3. The van der Waals surface area contributed by atoms with Crippen molar-refractivity contribution in [3.8, 4) is 0 Å². The molecule has 6 nitrogen and oxygen atoms in total. The van der Waals surface area contributed by atoms with Crippen LogP contribution in [0.25, 0.3) is 10.8 Å². The Labute approximate surface area is 190 Å². The second kappa shape index (κ2) is 9.25. The van der Waals surface area contributed by atoms with Gasteiger partial charge in [0.05, 0.1) is 5.69 Å². The third-order valence-corrected chi connectivity index (χ3v) is 6.00. The van der Waals surface area contributed by atoms with E-state index in [4.69, 9.17) is 0 Å². The van der Waals surface area contributed by atoms with Gasteiger partial charge in [0.25, 0.3) is 0 Å². The largest absolute Gasteiger partial charge is 0.433 e. The summed E-state index contributed by atoms with van der Waals surface area (Å²) in [5, 5.41) is 7.39. The molecule has 2 aromatic heterocycles. The van der Waals surface area contributed by atoms with E-state index in [1.54, 1.807) is 12.3 Å². The number of carbonyl (C=O) groups is 1. The van der Waals surface area contributed by atoms with Crippen LogP contribution in [0.4, 0.5) is 29.5 Å². The maximum atomic E-state index is 13.3. The maximum Gasteiger partial charge on any atom is 0.433 e. The van der Waals surface area contributed by atoms with Crippen molar-refractivity contribution >= 4 is 28.3 Å². The SMILES string of the molecule is Cc1nccc2cccc(NC(=O)NCc3ccc(C(F)(F)F)nc3N3CCC(C)CC3)c12. The van der Waals surface area contributed by atoms with Crippen LogP contribution in [0, 0.1) is 12.8 Å². The summed E-state index contributed by atoms with van der Waals surface area (Å²) in [6.07, 6.45) is -1.04. The van der Waals surface area contributed by atoms with Crippen molar-refractivity contribution in [3.63, 3.8) is 0 Å². The number of benzene rings is 1. The standard InChI is InChI=1S/C24H26F3N5O/c1-15-9-12-32(13-10-15)22-18(6-7-20(31-22)24(25,26)27)14-29-23(33)30-19-5-3-4-17-8-11-28-16(2)21(17)19/h3-8,11,15H,9-10,12-14H2,1-2H3,(H2,29,30,33). The number of hydrogen-bond donors (Lipinski definition) is 2. The van der Waals surface area contributed by atoms with Crippen molar-refractivity contribution in [1.82, 2.24) is 15.3 Å². The molecule has 0 atom stereocenters. The van der Waals surface area contributed by atoms with Crippen molar-refractivity contribution in [1.29, 1.82) is 0 Å². The number of rotatable bonds is 4. The molecule has 0 radical (unpaired) electrons. The van der Waals surface area contributed by atoms with Crippen LogP contribution in [0.1, 0.15) is 36.7 Å². The van der Waals surface area contributed by atoms with Crippen LogP contribution in [-0.4, -0.2) is 29.1 Å². The molecular weight excluding hydrogens is 431 g/mol. The number of carbonyl (C=O) groups excluding carboxylic acids is 1. The molecule has 0 bridgehead atoms. The van der Waals surface area contributed by atoms with Gasteiger partial charge in [-0.1, -0.05) is 25.1 Å². The Balaban J connectivity index is 1.52. The van der Waals surface area contributed by atoms with Crippen LogP contribution in [0.2, 0.25) is 0 Å². The highest BCUT2D eigenvalue weighted by atomic mass is 19.4. The highest BCUT2D eigenvalue weighted by Crippen LogP contribution is 2.32. The first kappa shape index (κ1) is 22.8. The summed E-state index contributed by atoms with van der Waals surface area (Å²) < 4.78 is 39.8. The van der Waals surface area contributed by atoms with Gasteiger partial charge in [-0.15, -0.1) is 0 Å². The first-order chi connectivity index (χ1) is 15.7. The number of pyridine rings is 2. The highest BCUT2D eigenvalue weighted by molar-refractivity contribution is 6.02. The predicted octanol–water partition coefficient (Wildman–Crippen LogP) is 5.52. The Bertz CT molecular complexity index is 1150. The summed E-state index contributed by atoms with van der Waals surface area (Å²) in [6.45, 7) is 5.33. The van der Waals surface area contributed by atoms with Gasteiger partial charge in [0.1, 0.15) is 11.5 Å². The van der Waals surface area contributed by atoms with Gasteiger partial charge >= 0.3 is 12.2 Å². The number of piperidine rings is 1. The lowest BCUT2D eigenvalue weighted by molar-refractivity contribution is -0.141. The smallest absolute Gasteiger partial charge is 0.356 e. The molecule has 0 aliphatic carbocycles. The zero-order valence-corrected chi connectivity index (χ0v) is 18.5. The number of aryl methyl sites for hydroxylation is 1. The maximum absolute atomic E-state index is 13.3. The Morgan fingerprint density at radius 2 is 1.91 bits per heavy atom. The van der Waals surface area contributed by atoms with E-state index in [1.807, 2.05) is 30.0 Å². The summed E-state index contributed by atoms with van der Waals surface area (Å²) in [4.78, 5) is 22.7. The average molecular weight is 458 g/mol. The van der Waals surface area contributed by atoms with E-state index in [-0.39, 0.29) is 12.4 Å². The van der Waals surface area contributed by atoms with Gasteiger partial charge in [0.15, 0.2) is 0 Å². The molecule has 3 heterocycles. The zero-order chi connectivity index (χ0) is 23.6. The van der Waals surface area contributed by atoms with Crippen molar-refractivity contribution < 1.29 is 18.0 Å². The van der Waals surface area contributed by atoms with E-state index in [0.717, 1.165) is 35.4 Å². The number of amides is 2. The van der Waals surface area contributed by atoms with E-state index in [2.05, 4.69) is 27.5 Å². The quantitative estimate of drug-likeness (QED) is 0.542. The van der Waals surface area contributed by atoms with Crippen LogP contribution in [0.5, 0.6) is 0 Å². The fraction of sp³-hybridized carbons (Fsp3) is 0.375. The minimum Gasteiger partial charge on any atom is -0.356 e. The number of halogens is 3. The number of urea groups is 1. The molecular formula is C24H26F3N5O. The molecule has 1 aliphatic heterocycles. The van der Waals surface area contributed by atoms with E-state index >= 15 is 0 Å². The summed E-state index contributed by atoms with van der Waals surface area (Å²) in [5.74, 6) is 0.806. The Morgan fingerprint density at radius 3 is 2.64 bits per heavy atom. The molecule has 0 spiro atoms. The highest BCUT2D eigenvalue weighted by Gasteiger charge is 2.34. The van der Waals surface area contributed by atoms with Crippen LogP contribution < -0.4 is 15.5 Å². The third-order valence-electron chi connectivity index (χ3n) is 6.00. The lowest BCUT2D eigenvalue weighted by Crippen LogP contribution is -2.35. The second-order valence-electron chi connectivity index (χ2n) is 8.45. The molecule has 1 fully saturated rings. The Hall–Kier alpha value is -3.36. The van der Waals surface area contributed by atoms with Crippen molar-refractivity contribution in [2.24, 2.45) is 5.92 Å². The molecule has 3 aromatic rings. The van der Waals surface area contributed by atoms with Crippen LogP contribution in [-0.2, 0) is 12.7 Å². The molecule has 4 rings (SSSR count). The van der Waals surface area contributed by atoms with Gasteiger partial charge in [-0.05, 0) is 49.3 Å². The van der Waals surface area contributed by atoms with Gasteiger partial charge in [0.2, 0.25) is 0 Å². The van der Waals surface area contributed by atoms with Crippen LogP contribution in [0.15, 0.2) is 42.6 Å². The second-order valence-corrected chi connectivity index (χ2v) is 8.45. The fourth-order valence-corrected chi connectivity index (χ4v) is 4.12. The normalized spacial score (nSPS) is 15.0. The number of nitrogens with zero attached hydrogens (tertiary/aromatic N) is 3. The zero-order valence-electron chi connectivity index (χ0n) is 18.5. The van der Waals surface area contributed by atoms with Gasteiger partial charge < -0.3 is 15.5 Å². The van der Waals surface area contributed by atoms with Crippen molar-refractivity contribution in [3.05, 3.63) is 59.5 Å². The van der Waals surface area contributed by atoms with Crippen molar-refractivity contribution in [2.75, 3.05) is 23.3 Å². The first-order valence-electron chi connectivity index (χ1n) is 10.9. The number of aromatic nitrogens is 2. The summed E-state index contributed by atoms with van der Waals surface area (Å²) >= 11 is 0. The van der Waals surface area contributed by atoms with E-state index in [9.17, 15) is 18.0 Å². The number of fused-ring (bicyclic) bond motifs is 1. The Kier molecular flexibility index (Phi) is 6.40. The molecule has 2 N–H and O–H groups in total. The van der Waals surface area contributed by atoms with Crippen LogP contribution >= 0.6 is 0 Å². The molecule has 1 aromatic carbocycles. The topological polar surface area (TPSA) is 70.1 Å². The molecule has 9 heteroatoms. The number of hydrogen-bond acceptors (Lipinski definition) is 4. The van der Waals surface area contributed by atoms with Gasteiger partial charge in [-0.25, -0.2) is 9.78 Å². The summed E-state index contributed by atoms with van der Waals surface area (Å²) in [6, 6.07) is 9.34. The van der Waals surface area contributed by atoms with Gasteiger partial charge in [-0.2, -0.15) is 13.2 Å². The molecule has 174 valence electrons. The lowest BCUT2D eigenvalue weighted by atomic mass is 9.99. The molecule has 1 aliphatic rings. The molecule has 0 saturated carbocycles. The number of nitrogens with one attached hydrogen (secondary N) is 2. The summed E-state index contributed by atoms with van der Waals surface area (Å²) in [5.41, 5.74) is 1.02. The van der Waals surface area contributed by atoms with Crippen molar-refractivity contribution in [2.45, 2.75) is 39.4 Å². The van der Waals surface area contributed by atoms with E-state index < -0.39 is 17.9 Å². The minimum absolute atomic E-state index is 0.0559. The van der Waals surface area contributed by atoms with E-state index in [0.29, 0.717) is 30.3 Å². The van der Waals surface area contributed by atoms with Gasteiger partial charge in [0, 0.05) is 42.5 Å². The summed E-state index contributed by atoms with van der Waals surface area (Å²) in [7, 11) is 0. The average Bonchev–Trinajstić information content (AvgIpc) is 2.78. The fourth-order valence-electron chi connectivity index (χ4n) is 4.12. The number of anilines is 2. The first-order valence-corrected chi connectivity index (χ1v) is 10.9. The molecule has 2 amide bonds. The molecule has 0 unspecified atom stereocenters. The predicted molar refractivity (Wildman–Crippen MR) is 122 cm³/mol. The third kappa shape index (κ3) is 5.18. The lowest BCUT2D eigenvalue weighted by Gasteiger charge is -2.33. The van der Waals surface area contributed by atoms with Crippen LogP contribution in [0.3, 0.4) is 0 Å². The molecule has 1 saturated heterocycles. The Morgan fingerprint density at radius 1 is 1.15 bits per heavy atom. The van der Waals surface area contributed by atoms with Gasteiger partial charge in [-0.3, -0.25) is 4.98 Å². The minimum atomic E-state index is -4.53. The monoisotopic (exact) mass is 457 g/mol. The molecule has 33 heavy (non-hydrogen) atoms.